The number of hydrogen-bond acceptors (Lipinski definition) is 7. The van der Waals surface area contributed by atoms with Gasteiger partial charge < -0.3 is 9.47 Å². The van der Waals surface area contributed by atoms with E-state index in [0.717, 1.165) is 28.1 Å². The van der Waals surface area contributed by atoms with Gasteiger partial charge in [-0.2, -0.15) is 0 Å². The summed E-state index contributed by atoms with van der Waals surface area (Å²) < 4.78 is 11.5. The molecule has 5 rings (SSSR count). The van der Waals surface area contributed by atoms with E-state index in [9.17, 15) is 9.59 Å². The molecule has 8 nitrogen and oxygen atoms in total. The van der Waals surface area contributed by atoms with E-state index in [4.69, 9.17) is 14.5 Å². The third-order valence-corrected chi connectivity index (χ3v) is 5.48. The Hall–Kier alpha value is -4.59. The van der Waals surface area contributed by atoms with Crippen LogP contribution in [-0.4, -0.2) is 39.0 Å². The lowest BCUT2D eigenvalue weighted by Crippen LogP contribution is -2.24. The van der Waals surface area contributed by atoms with Gasteiger partial charge in [-0.1, -0.05) is 42.5 Å². The summed E-state index contributed by atoms with van der Waals surface area (Å²) in [6.07, 6.45) is 2.59. The number of pyridine rings is 1. The van der Waals surface area contributed by atoms with Crippen molar-refractivity contribution in [1.29, 1.82) is 0 Å². The van der Waals surface area contributed by atoms with Gasteiger partial charge in [0.15, 0.2) is 11.3 Å². The van der Waals surface area contributed by atoms with Crippen LogP contribution in [0.3, 0.4) is 0 Å². The van der Waals surface area contributed by atoms with E-state index in [-0.39, 0.29) is 12.2 Å². The molecule has 0 aliphatic heterocycles. The lowest BCUT2D eigenvalue weighted by Gasteiger charge is -2.13. The molecular formula is C26H20N4O4. The van der Waals surface area contributed by atoms with Crippen molar-refractivity contribution in [3.8, 4) is 28.1 Å². The van der Waals surface area contributed by atoms with Gasteiger partial charge in [-0.25, -0.2) is 24.1 Å². The Morgan fingerprint density at radius 2 is 1.76 bits per heavy atom. The fraction of sp³-hybridized carbons (Fsp3) is 0.115. The minimum atomic E-state index is -0.720. The maximum Gasteiger partial charge on any atom is 0.345 e. The van der Waals surface area contributed by atoms with Gasteiger partial charge >= 0.3 is 5.97 Å². The van der Waals surface area contributed by atoms with Crippen molar-refractivity contribution in [3.63, 3.8) is 0 Å². The van der Waals surface area contributed by atoms with E-state index < -0.39 is 11.5 Å². The second-order valence-electron chi connectivity index (χ2n) is 7.48. The number of hydrogen-bond donors (Lipinski definition) is 0. The summed E-state index contributed by atoms with van der Waals surface area (Å²) in [6.45, 7) is 1.83. The molecule has 168 valence electrons. The van der Waals surface area contributed by atoms with Crippen LogP contribution in [0.5, 0.6) is 5.75 Å². The Morgan fingerprint density at radius 1 is 1.00 bits per heavy atom. The van der Waals surface area contributed by atoms with Crippen molar-refractivity contribution in [2.75, 3.05) is 13.7 Å². The van der Waals surface area contributed by atoms with Gasteiger partial charge in [0.25, 0.3) is 5.56 Å². The van der Waals surface area contributed by atoms with Crippen LogP contribution in [0.1, 0.15) is 17.3 Å². The topological polar surface area (TPSA) is 95.7 Å². The van der Waals surface area contributed by atoms with Crippen molar-refractivity contribution in [3.05, 3.63) is 89.1 Å². The Kier molecular flexibility index (Phi) is 5.47. The molecule has 0 aliphatic carbocycles. The average Bonchev–Trinajstić information content (AvgIpc) is 2.88. The maximum atomic E-state index is 13.1. The van der Waals surface area contributed by atoms with Crippen LogP contribution in [0.25, 0.3) is 39.1 Å². The highest BCUT2D eigenvalue weighted by atomic mass is 16.5. The fourth-order valence-corrected chi connectivity index (χ4v) is 3.82. The second kappa shape index (κ2) is 8.74. The third-order valence-electron chi connectivity index (χ3n) is 5.48. The summed E-state index contributed by atoms with van der Waals surface area (Å²) in [4.78, 5) is 38.9. The molecule has 0 atom stereocenters. The van der Waals surface area contributed by atoms with Crippen LogP contribution < -0.4 is 10.3 Å². The molecule has 0 N–H and O–H groups in total. The number of carbonyl (C=O) groups excluding carboxylic acids is 1. The minimum absolute atomic E-state index is 0.152. The zero-order valence-corrected chi connectivity index (χ0v) is 18.6. The van der Waals surface area contributed by atoms with Gasteiger partial charge in [-0.05, 0) is 36.2 Å². The Labute approximate surface area is 194 Å². The standard InChI is InChI=1S/C26H20N4O4/c1-3-34-26(32)20-14-27-24-22-19(16-9-11-18(33-2)12-10-16)13-21(17-7-5-4-6-8-17)29-23(22)28-15-30(24)25(20)31/h4-15H,3H2,1-2H3. The van der Waals surface area contributed by atoms with Gasteiger partial charge in [-0.3, -0.25) is 4.79 Å². The number of benzene rings is 2. The van der Waals surface area contributed by atoms with E-state index in [2.05, 4.69) is 9.97 Å². The first-order valence-corrected chi connectivity index (χ1v) is 10.7. The van der Waals surface area contributed by atoms with Gasteiger partial charge in [0, 0.05) is 11.8 Å². The van der Waals surface area contributed by atoms with Gasteiger partial charge in [0.05, 0.1) is 24.8 Å². The normalized spacial score (nSPS) is 11.0. The summed E-state index contributed by atoms with van der Waals surface area (Å²) in [6, 6.07) is 19.3. The van der Waals surface area contributed by atoms with Gasteiger partial charge in [0.2, 0.25) is 0 Å². The Balaban J connectivity index is 1.83. The molecule has 34 heavy (non-hydrogen) atoms. The van der Waals surface area contributed by atoms with E-state index in [1.165, 1.54) is 16.9 Å². The zero-order chi connectivity index (χ0) is 23.7. The van der Waals surface area contributed by atoms with Crippen LogP contribution in [0.2, 0.25) is 0 Å². The summed E-state index contributed by atoms with van der Waals surface area (Å²) in [5, 5.41) is 0.597. The number of methoxy groups -OCH3 is 1. The van der Waals surface area contributed by atoms with Crippen LogP contribution in [0, 0.1) is 0 Å². The molecule has 2 aromatic carbocycles. The first-order valence-electron chi connectivity index (χ1n) is 10.7. The van der Waals surface area contributed by atoms with Crippen molar-refractivity contribution in [1.82, 2.24) is 19.4 Å². The van der Waals surface area contributed by atoms with Crippen LogP contribution in [0.15, 0.2) is 78.0 Å². The zero-order valence-electron chi connectivity index (χ0n) is 18.6. The number of esters is 1. The number of rotatable bonds is 5. The SMILES string of the molecule is CCOC(=O)c1cnc2c3c(-c4ccc(OC)cc4)cc(-c4ccccc4)nc3ncn2c1=O. The molecule has 0 radical (unpaired) electrons. The predicted molar refractivity (Wildman–Crippen MR) is 128 cm³/mol. The molecule has 0 bridgehead atoms. The summed E-state index contributed by atoms with van der Waals surface area (Å²) in [7, 11) is 1.61. The van der Waals surface area contributed by atoms with E-state index in [1.54, 1.807) is 14.0 Å². The number of aromatic nitrogens is 4. The van der Waals surface area contributed by atoms with Crippen LogP contribution in [0.4, 0.5) is 0 Å². The largest absolute Gasteiger partial charge is 0.497 e. The van der Waals surface area contributed by atoms with E-state index in [1.807, 2.05) is 60.7 Å². The van der Waals surface area contributed by atoms with Crippen molar-refractivity contribution in [2.45, 2.75) is 6.92 Å². The lowest BCUT2D eigenvalue weighted by molar-refractivity contribution is 0.0523. The molecule has 0 spiro atoms. The number of nitrogens with zero attached hydrogens (tertiary/aromatic N) is 4. The highest BCUT2D eigenvalue weighted by molar-refractivity contribution is 6.03. The lowest BCUT2D eigenvalue weighted by atomic mass is 10.00. The van der Waals surface area contributed by atoms with Crippen molar-refractivity contribution < 1.29 is 14.3 Å². The molecule has 5 aromatic rings. The minimum Gasteiger partial charge on any atom is -0.497 e. The maximum absolute atomic E-state index is 13.1. The number of ether oxygens (including phenoxy) is 2. The molecule has 0 saturated carbocycles. The van der Waals surface area contributed by atoms with E-state index >= 15 is 0 Å². The third kappa shape index (κ3) is 3.65. The molecule has 0 unspecified atom stereocenters. The first-order chi connectivity index (χ1) is 16.6. The first kappa shape index (κ1) is 21.3. The molecule has 8 heteroatoms. The summed E-state index contributed by atoms with van der Waals surface area (Å²) >= 11 is 0. The van der Waals surface area contributed by atoms with Crippen LogP contribution in [-0.2, 0) is 4.74 Å². The number of carbonyl (C=O) groups is 1. The fourth-order valence-electron chi connectivity index (χ4n) is 3.82. The van der Waals surface area contributed by atoms with Crippen molar-refractivity contribution >= 4 is 22.6 Å². The highest BCUT2D eigenvalue weighted by Crippen LogP contribution is 2.33. The Bertz CT molecular complexity index is 1580. The molecule has 3 heterocycles. The molecule has 0 amide bonds. The molecule has 0 aliphatic rings. The highest BCUT2D eigenvalue weighted by Gasteiger charge is 2.19. The number of fused-ring (bicyclic) bond motifs is 3. The van der Waals surface area contributed by atoms with Gasteiger partial charge in [-0.15, -0.1) is 0 Å². The monoisotopic (exact) mass is 452 g/mol. The van der Waals surface area contributed by atoms with Crippen LogP contribution >= 0.6 is 0 Å². The smallest absolute Gasteiger partial charge is 0.345 e. The molecule has 3 aromatic heterocycles. The predicted octanol–water partition coefficient (Wildman–Crippen LogP) is 4.16. The summed E-state index contributed by atoms with van der Waals surface area (Å²) in [5.74, 6) is 0.00391. The second-order valence-corrected chi connectivity index (χ2v) is 7.48. The molecular weight excluding hydrogens is 432 g/mol. The van der Waals surface area contributed by atoms with Crippen molar-refractivity contribution in [2.24, 2.45) is 0 Å². The summed E-state index contributed by atoms with van der Waals surface area (Å²) in [5.41, 5.74) is 3.43. The van der Waals surface area contributed by atoms with Gasteiger partial charge in [0.1, 0.15) is 17.6 Å². The van der Waals surface area contributed by atoms with E-state index in [0.29, 0.717) is 16.7 Å². The molecule has 0 saturated heterocycles. The Morgan fingerprint density at radius 3 is 2.47 bits per heavy atom. The quantitative estimate of drug-likeness (QED) is 0.292. The molecule has 0 fully saturated rings. The average molecular weight is 452 g/mol.